The largest absolute Gasteiger partial charge is 0.508 e. The maximum absolute atomic E-state index is 9.15. The third-order valence-corrected chi connectivity index (χ3v) is 2.32. The highest BCUT2D eigenvalue weighted by Crippen LogP contribution is 2.26. The molecule has 0 aliphatic heterocycles. The summed E-state index contributed by atoms with van der Waals surface area (Å²) >= 11 is 0. The fourth-order valence-corrected chi connectivity index (χ4v) is 1.24. The average molecular weight is 138 g/mol. The van der Waals surface area contributed by atoms with Gasteiger partial charge in [-0.15, -0.1) is 0 Å². The quantitative estimate of drug-likeness (QED) is 0.545. The van der Waals surface area contributed by atoms with Gasteiger partial charge in [0.2, 0.25) is 0 Å². The number of aliphatic hydroxyl groups is 1. The maximum Gasteiger partial charge on any atom is 0.111 e. The predicted molar refractivity (Wildman–Crippen MR) is 42.8 cm³/mol. The summed E-state index contributed by atoms with van der Waals surface area (Å²) < 4.78 is 0. The first-order valence-corrected chi connectivity index (χ1v) is 3.70. The Morgan fingerprint density at radius 2 is 2.00 bits per heavy atom. The molecular formula is C9H14O. The first-order chi connectivity index (χ1) is 4.61. The second kappa shape index (κ2) is 2.49. The molecule has 0 saturated carbocycles. The molecule has 2 atom stereocenters. The zero-order valence-electron chi connectivity index (χ0n) is 6.76. The molecule has 0 heterocycles. The van der Waals surface area contributed by atoms with Crippen LogP contribution in [0, 0.1) is 11.8 Å². The molecule has 1 heteroatoms. The molecule has 1 aliphatic carbocycles. The van der Waals surface area contributed by atoms with Crippen LogP contribution in [0.4, 0.5) is 0 Å². The summed E-state index contributed by atoms with van der Waals surface area (Å²) in [6.45, 7) is 6.36. The van der Waals surface area contributed by atoms with Crippen LogP contribution in [0.1, 0.15) is 20.8 Å². The number of allylic oxidation sites excluding steroid dienone is 3. The van der Waals surface area contributed by atoms with E-state index in [-0.39, 0.29) is 0 Å². The summed E-state index contributed by atoms with van der Waals surface area (Å²) in [5.74, 6) is 1.48. The van der Waals surface area contributed by atoms with Gasteiger partial charge in [0.1, 0.15) is 5.76 Å². The minimum atomic E-state index is 0.420. The van der Waals surface area contributed by atoms with Gasteiger partial charge in [-0.1, -0.05) is 19.4 Å². The molecule has 0 fully saturated rings. The van der Waals surface area contributed by atoms with Crippen LogP contribution in [0.2, 0.25) is 0 Å². The predicted octanol–water partition coefficient (Wildman–Crippen LogP) is 2.66. The molecule has 0 radical (unpaired) electrons. The number of hydrogen-bond acceptors (Lipinski definition) is 1. The van der Waals surface area contributed by atoms with E-state index < -0.39 is 0 Å². The van der Waals surface area contributed by atoms with Gasteiger partial charge >= 0.3 is 0 Å². The minimum Gasteiger partial charge on any atom is -0.508 e. The topological polar surface area (TPSA) is 20.2 Å². The van der Waals surface area contributed by atoms with Crippen molar-refractivity contribution in [1.29, 1.82) is 0 Å². The first kappa shape index (κ1) is 7.39. The highest BCUT2D eigenvalue weighted by molar-refractivity contribution is 5.24. The highest BCUT2D eigenvalue weighted by atomic mass is 16.3. The SMILES string of the molecule is CC1=CC(O)=CC(C)C1C. The molecule has 1 N–H and O–H groups in total. The summed E-state index contributed by atoms with van der Waals surface area (Å²) in [4.78, 5) is 0. The van der Waals surface area contributed by atoms with Crippen molar-refractivity contribution >= 4 is 0 Å². The zero-order chi connectivity index (χ0) is 7.72. The van der Waals surface area contributed by atoms with Crippen molar-refractivity contribution in [2.75, 3.05) is 0 Å². The van der Waals surface area contributed by atoms with Crippen LogP contribution in [-0.2, 0) is 0 Å². The summed E-state index contributed by atoms with van der Waals surface area (Å²) in [7, 11) is 0. The van der Waals surface area contributed by atoms with Gasteiger partial charge < -0.3 is 5.11 Å². The normalized spacial score (nSPS) is 33.1. The van der Waals surface area contributed by atoms with Crippen molar-refractivity contribution in [2.45, 2.75) is 20.8 Å². The van der Waals surface area contributed by atoms with E-state index in [4.69, 9.17) is 5.11 Å². The summed E-state index contributed by atoms with van der Waals surface area (Å²) in [5, 5.41) is 9.15. The molecule has 56 valence electrons. The lowest BCUT2D eigenvalue weighted by molar-refractivity contribution is 0.399. The fraction of sp³-hybridized carbons (Fsp3) is 0.556. The Bertz CT molecular complexity index is 189. The van der Waals surface area contributed by atoms with E-state index in [2.05, 4.69) is 20.8 Å². The number of rotatable bonds is 0. The molecule has 1 nitrogen and oxygen atoms in total. The Balaban J connectivity index is 2.85. The van der Waals surface area contributed by atoms with E-state index in [9.17, 15) is 0 Å². The Morgan fingerprint density at radius 3 is 2.50 bits per heavy atom. The van der Waals surface area contributed by atoms with Crippen molar-refractivity contribution < 1.29 is 5.11 Å². The lowest BCUT2D eigenvalue weighted by Gasteiger charge is -2.21. The second-order valence-electron chi connectivity index (χ2n) is 3.13. The third kappa shape index (κ3) is 1.23. The molecule has 0 aromatic heterocycles. The molecular weight excluding hydrogens is 124 g/mol. The zero-order valence-corrected chi connectivity index (χ0v) is 6.76. The number of hydrogen-bond donors (Lipinski definition) is 1. The standard InChI is InChI=1S/C9H14O/c1-6-4-9(10)5-7(2)8(6)3/h4-6,8,10H,1-3H3. The molecule has 10 heavy (non-hydrogen) atoms. The molecule has 0 saturated heterocycles. The van der Waals surface area contributed by atoms with Crippen molar-refractivity contribution in [2.24, 2.45) is 11.8 Å². The summed E-state index contributed by atoms with van der Waals surface area (Å²) in [6.07, 6.45) is 3.74. The van der Waals surface area contributed by atoms with Gasteiger partial charge in [-0.2, -0.15) is 0 Å². The van der Waals surface area contributed by atoms with Gasteiger partial charge in [-0.05, 0) is 30.9 Å². The molecule has 2 unspecified atom stereocenters. The Kier molecular flexibility index (Phi) is 1.84. The molecule has 1 aliphatic rings. The van der Waals surface area contributed by atoms with E-state index in [0.717, 1.165) is 0 Å². The van der Waals surface area contributed by atoms with E-state index in [1.54, 1.807) is 0 Å². The molecule has 0 bridgehead atoms. The monoisotopic (exact) mass is 138 g/mol. The van der Waals surface area contributed by atoms with E-state index in [0.29, 0.717) is 17.6 Å². The Hall–Kier alpha value is -0.720. The average Bonchev–Trinajstić information content (AvgIpc) is 1.82. The van der Waals surface area contributed by atoms with Gasteiger partial charge in [0.15, 0.2) is 0 Å². The summed E-state index contributed by atoms with van der Waals surface area (Å²) in [6, 6.07) is 0. The van der Waals surface area contributed by atoms with Crippen LogP contribution in [0.5, 0.6) is 0 Å². The Labute approximate surface area is 62.1 Å². The Morgan fingerprint density at radius 1 is 1.40 bits per heavy atom. The lowest BCUT2D eigenvalue weighted by Crippen LogP contribution is -2.11. The van der Waals surface area contributed by atoms with Crippen LogP contribution in [-0.4, -0.2) is 5.11 Å². The molecule has 0 aromatic carbocycles. The lowest BCUT2D eigenvalue weighted by atomic mass is 9.85. The van der Waals surface area contributed by atoms with Gasteiger partial charge in [0.25, 0.3) is 0 Å². The molecule has 1 rings (SSSR count). The van der Waals surface area contributed by atoms with Gasteiger partial charge in [0, 0.05) is 0 Å². The maximum atomic E-state index is 9.15. The van der Waals surface area contributed by atoms with E-state index in [1.165, 1.54) is 5.57 Å². The molecule has 0 spiro atoms. The van der Waals surface area contributed by atoms with Crippen molar-refractivity contribution in [1.82, 2.24) is 0 Å². The van der Waals surface area contributed by atoms with Crippen molar-refractivity contribution in [3.05, 3.63) is 23.5 Å². The van der Waals surface area contributed by atoms with Crippen molar-refractivity contribution in [3.8, 4) is 0 Å². The van der Waals surface area contributed by atoms with Crippen molar-refractivity contribution in [3.63, 3.8) is 0 Å². The van der Waals surface area contributed by atoms with Gasteiger partial charge in [0.05, 0.1) is 0 Å². The van der Waals surface area contributed by atoms with Gasteiger partial charge in [-0.25, -0.2) is 0 Å². The number of aliphatic hydroxyl groups excluding tert-OH is 1. The summed E-state index contributed by atoms with van der Waals surface area (Å²) in [5.41, 5.74) is 1.27. The molecule has 0 aromatic rings. The molecule has 0 amide bonds. The fourth-order valence-electron chi connectivity index (χ4n) is 1.24. The van der Waals surface area contributed by atoms with E-state index >= 15 is 0 Å². The second-order valence-corrected chi connectivity index (χ2v) is 3.13. The van der Waals surface area contributed by atoms with Crippen LogP contribution in [0.3, 0.4) is 0 Å². The van der Waals surface area contributed by atoms with Gasteiger partial charge in [-0.3, -0.25) is 0 Å². The first-order valence-electron chi connectivity index (χ1n) is 3.70. The smallest absolute Gasteiger partial charge is 0.111 e. The minimum absolute atomic E-state index is 0.420. The van der Waals surface area contributed by atoms with Crippen LogP contribution < -0.4 is 0 Å². The third-order valence-electron chi connectivity index (χ3n) is 2.32. The van der Waals surface area contributed by atoms with Crippen LogP contribution in [0.15, 0.2) is 23.5 Å². The van der Waals surface area contributed by atoms with Crippen LogP contribution >= 0.6 is 0 Å². The van der Waals surface area contributed by atoms with E-state index in [1.807, 2.05) is 12.2 Å². The van der Waals surface area contributed by atoms with Crippen LogP contribution in [0.25, 0.3) is 0 Å². The highest BCUT2D eigenvalue weighted by Gasteiger charge is 2.16.